The Bertz CT molecular complexity index is 794. The van der Waals surface area contributed by atoms with E-state index in [1.54, 1.807) is 0 Å². The van der Waals surface area contributed by atoms with E-state index in [2.05, 4.69) is 58.9 Å². The van der Waals surface area contributed by atoms with Crippen LogP contribution in [-0.2, 0) is 13.1 Å². The first-order chi connectivity index (χ1) is 14.4. The number of hydrogen-bond donors (Lipinski definition) is 3. The van der Waals surface area contributed by atoms with E-state index in [-0.39, 0.29) is 30.1 Å². The zero-order valence-electron chi connectivity index (χ0n) is 19.3. The van der Waals surface area contributed by atoms with Crippen molar-refractivity contribution in [2.45, 2.75) is 46.1 Å². The van der Waals surface area contributed by atoms with Gasteiger partial charge in [0.2, 0.25) is 0 Å². The highest BCUT2D eigenvalue weighted by molar-refractivity contribution is 14.0. The molecule has 6 nitrogen and oxygen atoms in total. The van der Waals surface area contributed by atoms with Gasteiger partial charge in [-0.1, -0.05) is 36.4 Å². The number of nitrogens with one attached hydrogen (secondary N) is 2. The number of aliphatic hydroxyl groups is 1. The summed E-state index contributed by atoms with van der Waals surface area (Å²) in [6.45, 7) is 8.61. The number of hydrogen-bond acceptors (Lipinski definition) is 4. The Morgan fingerprint density at radius 1 is 1.06 bits per heavy atom. The van der Waals surface area contributed by atoms with Crippen LogP contribution >= 0.6 is 24.0 Å². The maximum atomic E-state index is 10.6. The Morgan fingerprint density at radius 3 is 2.35 bits per heavy atom. The van der Waals surface area contributed by atoms with Crippen molar-refractivity contribution in [1.29, 1.82) is 0 Å². The van der Waals surface area contributed by atoms with Crippen LogP contribution < -0.4 is 15.4 Å². The highest BCUT2D eigenvalue weighted by Gasteiger charge is 2.10. The average Bonchev–Trinajstić information content (AvgIpc) is 2.70. The Labute approximate surface area is 204 Å². The molecule has 0 aromatic heterocycles. The largest absolute Gasteiger partial charge is 0.491 e. The maximum absolute atomic E-state index is 10.6. The molecule has 0 saturated carbocycles. The van der Waals surface area contributed by atoms with Gasteiger partial charge in [-0.2, -0.15) is 0 Å². The quantitative estimate of drug-likeness (QED) is 0.242. The zero-order chi connectivity index (χ0) is 21.9. The van der Waals surface area contributed by atoms with E-state index >= 15 is 0 Å². The van der Waals surface area contributed by atoms with E-state index in [0.29, 0.717) is 19.0 Å². The molecule has 0 aliphatic carbocycles. The summed E-state index contributed by atoms with van der Waals surface area (Å²) >= 11 is 0. The number of guanidine groups is 1. The lowest BCUT2D eigenvalue weighted by atomic mass is 10.1. The fourth-order valence-electron chi connectivity index (χ4n) is 3.01. The first-order valence-electron chi connectivity index (χ1n) is 10.6. The van der Waals surface area contributed by atoms with Crippen LogP contribution in [0, 0.1) is 0 Å². The molecule has 7 heteroatoms. The Morgan fingerprint density at radius 2 is 1.74 bits per heavy atom. The van der Waals surface area contributed by atoms with Gasteiger partial charge in [0.25, 0.3) is 0 Å². The van der Waals surface area contributed by atoms with Crippen LogP contribution in [0.25, 0.3) is 0 Å². The van der Waals surface area contributed by atoms with Gasteiger partial charge in [0.05, 0.1) is 18.8 Å². The first-order valence-corrected chi connectivity index (χ1v) is 10.6. The second kappa shape index (κ2) is 14.3. The number of benzene rings is 2. The number of aliphatic hydroxyl groups excluding tert-OH is 1. The molecule has 0 fully saturated rings. The van der Waals surface area contributed by atoms with Crippen LogP contribution in [-0.4, -0.2) is 49.3 Å². The van der Waals surface area contributed by atoms with Crippen LogP contribution in [0.3, 0.4) is 0 Å². The molecule has 0 saturated heterocycles. The number of rotatable bonds is 10. The van der Waals surface area contributed by atoms with Crippen LogP contribution in [0.15, 0.2) is 53.5 Å². The summed E-state index contributed by atoms with van der Waals surface area (Å²) < 4.78 is 5.72. The smallest absolute Gasteiger partial charge is 0.191 e. The molecule has 0 bridgehead atoms. The van der Waals surface area contributed by atoms with Gasteiger partial charge < -0.3 is 25.4 Å². The maximum Gasteiger partial charge on any atom is 0.191 e. The average molecular weight is 540 g/mol. The summed E-state index contributed by atoms with van der Waals surface area (Å²) in [5, 5.41) is 17.0. The molecule has 0 aliphatic rings. The van der Waals surface area contributed by atoms with Crippen molar-refractivity contribution < 1.29 is 9.84 Å². The number of ether oxygens (including phenoxy) is 1. The fourth-order valence-corrected chi connectivity index (χ4v) is 3.01. The van der Waals surface area contributed by atoms with E-state index in [4.69, 9.17) is 4.74 Å². The van der Waals surface area contributed by atoms with E-state index < -0.39 is 6.10 Å². The second-order valence-corrected chi connectivity index (χ2v) is 7.89. The number of halogens is 1. The van der Waals surface area contributed by atoms with Gasteiger partial charge in [0.15, 0.2) is 5.96 Å². The van der Waals surface area contributed by atoms with Crippen molar-refractivity contribution in [1.82, 2.24) is 15.5 Å². The molecule has 2 aromatic rings. The highest BCUT2D eigenvalue weighted by Crippen LogP contribution is 2.20. The van der Waals surface area contributed by atoms with Crippen molar-refractivity contribution in [3.8, 4) is 5.75 Å². The van der Waals surface area contributed by atoms with Gasteiger partial charge in [0, 0.05) is 19.6 Å². The van der Waals surface area contributed by atoms with E-state index in [1.165, 1.54) is 5.56 Å². The molecule has 2 rings (SSSR count). The predicted molar refractivity (Wildman–Crippen MR) is 139 cm³/mol. The van der Waals surface area contributed by atoms with Gasteiger partial charge in [-0.15, -0.1) is 24.0 Å². The van der Waals surface area contributed by atoms with Gasteiger partial charge in [-0.05, 0) is 63.7 Å². The minimum atomic E-state index is -0.658. The fraction of sp³-hybridized carbons (Fsp3) is 0.458. The molecule has 0 heterocycles. The van der Waals surface area contributed by atoms with E-state index in [1.807, 2.05) is 45.0 Å². The summed E-state index contributed by atoms with van der Waals surface area (Å²) in [7, 11) is 4.13. The van der Waals surface area contributed by atoms with Gasteiger partial charge >= 0.3 is 0 Å². The molecule has 2 aromatic carbocycles. The predicted octanol–water partition coefficient (Wildman–Crippen LogP) is 3.94. The molecule has 0 radical (unpaired) electrons. The minimum absolute atomic E-state index is 0. The second-order valence-electron chi connectivity index (χ2n) is 7.89. The number of nitrogens with zero attached hydrogens (tertiary/aromatic N) is 2. The molecule has 3 N–H and O–H groups in total. The standard InChI is InChI=1S/C24H36N4O2.HI/c1-6-25-24(26-15-19-10-12-20(13-11-19)17-28(4)5)27-16-23(29)21-8-7-9-22(14-21)30-18(2)3;/h7-14,18,23,29H,6,15-17H2,1-5H3,(H2,25,26,27);1H. The van der Waals surface area contributed by atoms with E-state index in [0.717, 1.165) is 30.0 Å². The molecular formula is C24H37IN4O2. The molecule has 0 spiro atoms. The minimum Gasteiger partial charge on any atom is -0.491 e. The summed E-state index contributed by atoms with van der Waals surface area (Å²) in [6.07, 6.45) is -0.560. The highest BCUT2D eigenvalue weighted by atomic mass is 127. The van der Waals surface area contributed by atoms with Crippen molar-refractivity contribution in [3.63, 3.8) is 0 Å². The van der Waals surface area contributed by atoms with Crippen molar-refractivity contribution >= 4 is 29.9 Å². The third-order valence-electron chi connectivity index (χ3n) is 4.36. The monoisotopic (exact) mass is 540 g/mol. The summed E-state index contributed by atoms with van der Waals surface area (Å²) in [5.74, 6) is 1.45. The van der Waals surface area contributed by atoms with Crippen LogP contribution in [0.2, 0.25) is 0 Å². The SMILES string of the molecule is CCNC(=NCc1ccc(CN(C)C)cc1)NCC(O)c1cccc(OC(C)C)c1.I. The molecule has 0 aliphatic heterocycles. The normalized spacial score (nSPS) is 12.5. The van der Waals surface area contributed by atoms with Gasteiger partial charge in [-0.25, -0.2) is 4.99 Å². The molecule has 0 amide bonds. The Kier molecular flexibility index (Phi) is 12.5. The van der Waals surface area contributed by atoms with Crippen molar-refractivity contribution in [2.75, 3.05) is 27.2 Å². The lowest BCUT2D eigenvalue weighted by molar-refractivity contribution is 0.179. The number of aliphatic imine (C=N–C) groups is 1. The topological polar surface area (TPSA) is 69.1 Å². The molecule has 1 atom stereocenters. The summed E-state index contributed by atoms with van der Waals surface area (Å²) in [4.78, 5) is 6.79. The molecule has 1 unspecified atom stereocenters. The van der Waals surface area contributed by atoms with Crippen molar-refractivity contribution in [2.24, 2.45) is 4.99 Å². The van der Waals surface area contributed by atoms with E-state index in [9.17, 15) is 5.11 Å². The zero-order valence-corrected chi connectivity index (χ0v) is 21.6. The van der Waals surface area contributed by atoms with Crippen molar-refractivity contribution in [3.05, 3.63) is 65.2 Å². The first kappa shape index (κ1) is 27.2. The molecule has 172 valence electrons. The third kappa shape index (κ3) is 10.3. The Hall–Kier alpha value is -1.84. The lowest BCUT2D eigenvalue weighted by Gasteiger charge is -2.17. The molecule has 31 heavy (non-hydrogen) atoms. The Balaban J connectivity index is 0.00000480. The lowest BCUT2D eigenvalue weighted by Crippen LogP contribution is -2.39. The van der Waals surface area contributed by atoms with Crippen LogP contribution in [0.1, 0.15) is 43.6 Å². The van der Waals surface area contributed by atoms with Gasteiger partial charge in [-0.3, -0.25) is 0 Å². The third-order valence-corrected chi connectivity index (χ3v) is 4.36. The molecular weight excluding hydrogens is 503 g/mol. The summed E-state index contributed by atoms with van der Waals surface area (Å²) in [6, 6.07) is 16.1. The summed E-state index contributed by atoms with van der Waals surface area (Å²) in [5.41, 5.74) is 3.24. The van der Waals surface area contributed by atoms with Crippen LogP contribution in [0.5, 0.6) is 5.75 Å². The van der Waals surface area contributed by atoms with Crippen LogP contribution in [0.4, 0.5) is 0 Å². The van der Waals surface area contributed by atoms with Gasteiger partial charge in [0.1, 0.15) is 5.75 Å².